The van der Waals surface area contributed by atoms with Gasteiger partial charge in [-0.15, -0.1) is 0 Å². The highest BCUT2D eigenvalue weighted by molar-refractivity contribution is 9.10. The van der Waals surface area contributed by atoms with Crippen LogP contribution in [0.1, 0.15) is 13.8 Å². The first-order chi connectivity index (χ1) is 6.92. The van der Waals surface area contributed by atoms with Crippen molar-refractivity contribution in [3.8, 4) is 0 Å². The minimum Gasteiger partial charge on any atom is -0.389 e. The van der Waals surface area contributed by atoms with E-state index in [1.165, 1.54) is 0 Å². The average Bonchev–Trinajstić information content (AvgIpc) is 2.15. The van der Waals surface area contributed by atoms with E-state index in [4.69, 9.17) is 0 Å². The van der Waals surface area contributed by atoms with Gasteiger partial charge in [0.15, 0.2) is 0 Å². The van der Waals surface area contributed by atoms with E-state index in [0.29, 0.717) is 18.3 Å². The summed E-state index contributed by atoms with van der Waals surface area (Å²) in [6.45, 7) is 3.88. The summed E-state index contributed by atoms with van der Waals surface area (Å²) in [7, 11) is 1.75. The molecule has 0 radical (unpaired) electrons. The number of anilines is 2. The van der Waals surface area contributed by atoms with Gasteiger partial charge in [-0.05, 0) is 29.8 Å². The van der Waals surface area contributed by atoms with Gasteiger partial charge in [0, 0.05) is 19.8 Å². The van der Waals surface area contributed by atoms with E-state index in [-0.39, 0.29) is 0 Å². The lowest BCUT2D eigenvalue weighted by molar-refractivity contribution is 0.0944. The maximum atomic E-state index is 9.56. The van der Waals surface area contributed by atoms with E-state index in [1.807, 2.05) is 0 Å². The lowest BCUT2D eigenvalue weighted by Crippen LogP contribution is -2.29. The Balaban J connectivity index is 2.75. The lowest BCUT2D eigenvalue weighted by atomic mass is 10.1. The molecular formula is C9H15BrN4O. The molecule has 1 aromatic rings. The summed E-state index contributed by atoms with van der Waals surface area (Å²) in [5.74, 6) is 1.20. The number of nitrogens with one attached hydrogen (secondary N) is 2. The van der Waals surface area contributed by atoms with Crippen molar-refractivity contribution in [2.45, 2.75) is 19.4 Å². The molecule has 0 aromatic carbocycles. The number of aromatic nitrogens is 2. The Hall–Kier alpha value is -0.880. The summed E-state index contributed by atoms with van der Waals surface area (Å²) in [5, 5.41) is 15.4. The largest absolute Gasteiger partial charge is 0.389 e. The van der Waals surface area contributed by atoms with Crippen molar-refractivity contribution in [2.24, 2.45) is 0 Å². The molecule has 0 atom stereocenters. The van der Waals surface area contributed by atoms with Crippen LogP contribution >= 0.6 is 15.9 Å². The van der Waals surface area contributed by atoms with Crippen LogP contribution in [0.5, 0.6) is 0 Å². The van der Waals surface area contributed by atoms with Crippen LogP contribution in [-0.2, 0) is 0 Å². The minimum absolute atomic E-state index is 0.422. The highest BCUT2D eigenvalue weighted by atomic mass is 79.9. The van der Waals surface area contributed by atoms with Crippen LogP contribution in [0.15, 0.2) is 10.7 Å². The zero-order valence-electron chi connectivity index (χ0n) is 9.00. The van der Waals surface area contributed by atoms with Crippen molar-refractivity contribution >= 4 is 27.7 Å². The molecule has 0 fully saturated rings. The summed E-state index contributed by atoms with van der Waals surface area (Å²) in [6, 6.07) is 0. The number of hydrogen-bond donors (Lipinski definition) is 3. The fourth-order valence-corrected chi connectivity index (χ4v) is 1.24. The average molecular weight is 275 g/mol. The molecule has 0 aliphatic heterocycles. The van der Waals surface area contributed by atoms with Crippen molar-refractivity contribution in [1.29, 1.82) is 0 Å². The summed E-state index contributed by atoms with van der Waals surface area (Å²) in [6.07, 6.45) is 1.66. The Morgan fingerprint density at radius 2 is 2.20 bits per heavy atom. The topological polar surface area (TPSA) is 70.1 Å². The van der Waals surface area contributed by atoms with E-state index in [2.05, 4.69) is 36.5 Å². The highest BCUT2D eigenvalue weighted by Crippen LogP contribution is 2.20. The van der Waals surface area contributed by atoms with Gasteiger partial charge in [-0.3, -0.25) is 0 Å². The SMILES string of the molecule is CNc1ncc(Br)c(NCC(C)(C)O)n1. The molecule has 0 aliphatic rings. The molecule has 0 saturated carbocycles. The van der Waals surface area contributed by atoms with Gasteiger partial charge >= 0.3 is 0 Å². The number of halogens is 1. The standard InChI is InChI=1S/C9H15BrN4O/c1-9(2,15)5-13-7-6(10)4-12-8(11-3)14-7/h4,15H,5H2,1-3H3,(H2,11,12,13,14). The Morgan fingerprint density at radius 1 is 1.53 bits per heavy atom. The number of rotatable bonds is 4. The molecule has 0 spiro atoms. The molecule has 0 unspecified atom stereocenters. The molecule has 0 bridgehead atoms. The molecule has 3 N–H and O–H groups in total. The van der Waals surface area contributed by atoms with E-state index >= 15 is 0 Å². The second-order valence-corrected chi connectivity index (χ2v) is 4.66. The summed E-state index contributed by atoms with van der Waals surface area (Å²) in [5.41, 5.74) is -0.774. The van der Waals surface area contributed by atoms with Crippen LogP contribution in [0.25, 0.3) is 0 Å². The Labute approximate surface area is 97.5 Å². The zero-order valence-corrected chi connectivity index (χ0v) is 10.6. The normalized spacial score (nSPS) is 11.3. The summed E-state index contributed by atoms with van der Waals surface area (Å²) >= 11 is 3.33. The number of hydrogen-bond acceptors (Lipinski definition) is 5. The molecule has 5 nitrogen and oxygen atoms in total. The van der Waals surface area contributed by atoms with Gasteiger partial charge in [-0.2, -0.15) is 4.98 Å². The predicted molar refractivity (Wildman–Crippen MR) is 64.1 cm³/mol. The van der Waals surface area contributed by atoms with Crippen molar-refractivity contribution < 1.29 is 5.11 Å². The van der Waals surface area contributed by atoms with Crippen LogP contribution in [0.3, 0.4) is 0 Å². The third kappa shape index (κ3) is 4.01. The first-order valence-corrected chi connectivity index (χ1v) is 5.38. The Bertz CT molecular complexity index is 337. The van der Waals surface area contributed by atoms with Gasteiger partial charge in [0.05, 0.1) is 10.1 Å². The minimum atomic E-state index is -0.774. The smallest absolute Gasteiger partial charge is 0.224 e. The number of nitrogens with zero attached hydrogens (tertiary/aromatic N) is 2. The molecule has 15 heavy (non-hydrogen) atoms. The molecule has 6 heteroatoms. The number of aliphatic hydroxyl groups is 1. The summed E-state index contributed by atoms with van der Waals surface area (Å²) < 4.78 is 0.769. The van der Waals surface area contributed by atoms with Gasteiger partial charge < -0.3 is 15.7 Å². The molecule has 0 aliphatic carbocycles. The second-order valence-electron chi connectivity index (χ2n) is 3.81. The maximum Gasteiger partial charge on any atom is 0.224 e. The molecule has 1 aromatic heterocycles. The Kier molecular flexibility index (Phi) is 3.87. The molecule has 0 saturated heterocycles. The van der Waals surface area contributed by atoms with E-state index in [1.54, 1.807) is 27.1 Å². The van der Waals surface area contributed by atoms with Gasteiger partial charge in [0.1, 0.15) is 5.82 Å². The maximum absolute atomic E-state index is 9.56. The van der Waals surface area contributed by atoms with E-state index < -0.39 is 5.60 Å². The molecule has 0 amide bonds. The first kappa shape index (κ1) is 12.2. The fraction of sp³-hybridized carbons (Fsp3) is 0.556. The third-order valence-corrected chi connectivity index (χ3v) is 2.24. The molecule has 84 valence electrons. The van der Waals surface area contributed by atoms with Gasteiger partial charge in [0.25, 0.3) is 0 Å². The monoisotopic (exact) mass is 274 g/mol. The third-order valence-electron chi connectivity index (χ3n) is 1.66. The fourth-order valence-electron chi connectivity index (χ4n) is 0.912. The van der Waals surface area contributed by atoms with Gasteiger partial charge in [-0.1, -0.05) is 0 Å². The van der Waals surface area contributed by atoms with Crippen molar-refractivity contribution in [2.75, 3.05) is 24.2 Å². The predicted octanol–water partition coefficient (Wildman–Crippen LogP) is 1.46. The van der Waals surface area contributed by atoms with E-state index in [9.17, 15) is 5.11 Å². The van der Waals surface area contributed by atoms with Crippen molar-refractivity contribution in [1.82, 2.24) is 9.97 Å². The van der Waals surface area contributed by atoms with Crippen LogP contribution in [0.2, 0.25) is 0 Å². The van der Waals surface area contributed by atoms with Gasteiger partial charge in [0.2, 0.25) is 5.95 Å². The second kappa shape index (κ2) is 4.76. The van der Waals surface area contributed by atoms with Crippen LogP contribution in [-0.4, -0.2) is 34.3 Å². The zero-order chi connectivity index (χ0) is 11.5. The van der Waals surface area contributed by atoms with E-state index in [0.717, 1.165) is 4.47 Å². The molecular weight excluding hydrogens is 260 g/mol. The van der Waals surface area contributed by atoms with Crippen LogP contribution < -0.4 is 10.6 Å². The van der Waals surface area contributed by atoms with Crippen LogP contribution in [0, 0.1) is 0 Å². The van der Waals surface area contributed by atoms with Gasteiger partial charge in [-0.25, -0.2) is 4.98 Å². The lowest BCUT2D eigenvalue weighted by Gasteiger charge is -2.18. The molecule has 1 heterocycles. The molecule has 1 rings (SSSR count). The first-order valence-electron chi connectivity index (χ1n) is 4.59. The quantitative estimate of drug-likeness (QED) is 0.776. The summed E-state index contributed by atoms with van der Waals surface area (Å²) in [4.78, 5) is 8.23. The van der Waals surface area contributed by atoms with Crippen molar-refractivity contribution in [3.05, 3.63) is 10.7 Å². The highest BCUT2D eigenvalue weighted by Gasteiger charge is 2.13. The van der Waals surface area contributed by atoms with Crippen molar-refractivity contribution in [3.63, 3.8) is 0 Å². The Morgan fingerprint density at radius 3 is 2.73 bits per heavy atom. The van der Waals surface area contributed by atoms with Crippen LogP contribution in [0.4, 0.5) is 11.8 Å².